The normalized spacial score (nSPS) is 21.0. The van der Waals surface area contributed by atoms with E-state index in [9.17, 15) is 4.79 Å². The Bertz CT molecular complexity index is 757. The molecular weight excluding hydrogens is 340 g/mol. The number of rotatable bonds is 3. The van der Waals surface area contributed by atoms with E-state index in [1.54, 1.807) is 12.1 Å². The molecule has 1 saturated carbocycles. The van der Waals surface area contributed by atoms with E-state index in [0.29, 0.717) is 22.8 Å². The van der Waals surface area contributed by atoms with Crippen molar-refractivity contribution in [3.05, 3.63) is 35.2 Å². The molecule has 0 radical (unpaired) electrons. The number of halogens is 1. The van der Waals surface area contributed by atoms with Crippen LogP contribution in [0.2, 0.25) is 5.02 Å². The van der Waals surface area contributed by atoms with Crippen LogP contribution in [0.25, 0.3) is 11.4 Å². The van der Waals surface area contributed by atoms with E-state index in [2.05, 4.69) is 15.5 Å². The summed E-state index contributed by atoms with van der Waals surface area (Å²) in [5.41, 5.74) is 0.808. The second-order valence-electron chi connectivity index (χ2n) is 6.75. The molecule has 132 valence electrons. The van der Waals surface area contributed by atoms with Gasteiger partial charge in [-0.05, 0) is 37.8 Å². The molecular formula is C18H21ClN4O2. The summed E-state index contributed by atoms with van der Waals surface area (Å²) in [5, 5.41) is 7.84. The molecule has 1 aromatic heterocycles. The van der Waals surface area contributed by atoms with Crippen LogP contribution in [0.15, 0.2) is 28.8 Å². The molecule has 7 heteroatoms. The van der Waals surface area contributed by atoms with Gasteiger partial charge in [-0.25, -0.2) is 4.79 Å². The molecule has 1 aliphatic carbocycles. The number of nitrogens with one attached hydrogen (secondary N) is 1. The van der Waals surface area contributed by atoms with Crippen LogP contribution in [0, 0.1) is 0 Å². The largest absolute Gasteiger partial charge is 0.337 e. The molecule has 1 atom stereocenters. The summed E-state index contributed by atoms with van der Waals surface area (Å²) in [6.45, 7) is 0.720. The highest BCUT2D eigenvalue weighted by Crippen LogP contribution is 2.32. The Morgan fingerprint density at radius 2 is 2.08 bits per heavy atom. The van der Waals surface area contributed by atoms with E-state index < -0.39 is 0 Å². The van der Waals surface area contributed by atoms with E-state index in [4.69, 9.17) is 16.1 Å². The minimum atomic E-state index is -0.151. The van der Waals surface area contributed by atoms with Crippen molar-refractivity contribution in [2.24, 2.45) is 0 Å². The average molecular weight is 361 g/mol. The molecule has 0 bridgehead atoms. The topological polar surface area (TPSA) is 71.3 Å². The van der Waals surface area contributed by atoms with Crippen LogP contribution < -0.4 is 5.32 Å². The van der Waals surface area contributed by atoms with Crippen LogP contribution in [-0.4, -0.2) is 33.7 Å². The van der Waals surface area contributed by atoms with E-state index in [0.717, 1.165) is 37.8 Å². The van der Waals surface area contributed by atoms with Crippen LogP contribution >= 0.6 is 11.6 Å². The van der Waals surface area contributed by atoms with Gasteiger partial charge in [-0.15, -0.1) is 0 Å². The zero-order valence-corrected chi connectivity index (χ0v) is 14.7. The first-order chi connectivity index (χ1) is 12.2. The van der Waals surface area contributed by atoms with Gasteiger partial charge in [-0.1, -0.05) is 41.7 Å². The third-order valence-corrected chi connectivity index (χ3v) is 5.24. The molecule has 1 unspecified atom stereocenters. The fourth-order valence-corrected chi connectivity index (χ4v) is 3.90. The number of hydrogen-bond acceptors (Lipinski definition) is 4. The van der Waals surface area contributed by atoms with Crippen molar-refractivity contribution in [1.82, 2.24) is 20.4 Å². The van der Waals surface area contributed by atoms with Gasteiger partial charge >= 0.3 is 6.03 Å². The van der Waals surface area contributed by atoms with E-state index >= 15 is 0 Å². The molecule has 25 heavy (non-hydrogen) atoms. The fourth-order valence-electron chi connectivity index (χ4n) is 3.71. The van der Waals surface area contributed by atoms with Gasteiger partial charge in [-0.2, -0.15) is 4.98 Å². The highest BCUT2D eigenvalue weighted by atomic mass is 35.5. The van der Waals surface area contributed by atoms with Crippen LogP contribution in [-0.2, 0) is 0 Å². The van der Waals surface area contributed by atoms with Crippen molar-refractivity contribution < 1.29 is 9.32 Å². The highest BCUT2D eigenvalue weighted by molar-refractivity contribution is 6.30. The number of amides is 2. The molecule has 1 aliphatic heterocycles. The number of urea groups is 1. The number of carbonyl (C=O) groups excluding carboxylic acids is 1. The van der Waals surface area contributed by atoms with E-state index in [1.807, 2.05) is 17.0 Å². The van der Waals surface area contributed by atoms with Crippen molar-refractivity contribution in [2.45, 2.75) is 50.6 Å². The zero-order chi connectivity index (χ0) is 17.2. The van der Waals surface area contributed by atoms with E-state index in [1.165, 1.54) is 12.8 Å². The fraction of sp³-hybridized carbons (Fsp3) is 0.500. The Morgan fingerprint density at radius 1 is 1.24 bits per heavy atom. The molecule has 2 heterocycles. The monoisotopic (exact) mass is 360 g/mol. The van der Waals surface area contributed by atoms with Gasteiger partial charge in [0.25, 0.3) is 0 Å². The first kappa shape index (κ1) is 16.4. The molecule has 2 aromatic rings. The van der Waals surface area contributed by atoms with Gasteiger partial charge < -0.3 is 14.7 Å². The second-order valence-corrected chi connectivity index (χ2v) is 7.19. The lowest BCUT2D eigenvalue weighted by molar-refractivity contribution is 0.177. The number of carbonyl (C=O) groups is 1. The number of nitrogens with zero attached hydrogens (tertiary/aromatic N) is 3. The van der Waals surface area contributed by atoms with Crippen molar-refractivity contribution >= 4 is 17.6 Å². The van der Waals surface area contributed by atoms with Crippen molar-refractivity contribution in [1.29, 1.82) is 0 Å². The third kappa shape index (κ3) is 3.49. The lowest BCUT2D eigenvalue weighted by atomic mass is 10.2. The van der Waals surface area contributed by atoms with Gasteiger partial charge in [0.2, 0.25) is 11.7 Å². The lowest BCUT2D eigenvalue weighted by Crippen LogP contribution is -2.43. The molecule has 2 amide bonds. The number of aromatic nitrogens is 2. The summed E-state index contributed by atoms with van der Waals surface area (Å²) in [6, 6.07) is 7.48. The van der Waals surface area contributed by atoms with Gasteiger partial charge in [0.15, 0.2) is 0 Å². The quantitative estimate of drug-likeness (QED) is 0.891. The molecule has 6 nitrogen and oxygen atoms in total. The maximum Gasteiger partial charge on any atom is 0.318 e. The summed E-state index contributed by atoms with van der Waals surface area (Å²) in [6.07, 6.45) is 6.32. The first-order valence-electron chi connectivity index (χ1n) is 8.87. The van der Waals surface area contributed by atoms with Crippen molar-refractivity contribution in [3.8, 4) is 11.4 Å². The SMILES string of the molecule is O=C(NC1CCCC1)N1CCCC1c1nc(-c2cccc(Cl)c2)no1. The molecule has 0 spiro atoms. The van der Waals surface area contributed by atoms with Crippen molar-refractivity contribution in [3.63, 3.8) is 0 Å². The minimum absolute atomic E-state index is 0.0168. The lowest BCUT2D eigenvalue weighted by Gasteiger charge is -2.24. The molecule has 2 aliphatic rings. The Hall–Kier alpha value is -2.08. The Kier molecular flexibility index (Phi) is 4.61. The van der Waals surface area contributed by atoms with Crippen LogP contribution in [0.4, 0.5) is 4.79 Å². The summed E-state index contributed by atoms with van der Waals surface area (Å²) in [5.74, 6) is 0.995. The number of benzene rings is 1. The Balaban J connectivity index is 1.49. The van der Waals surface area contributed by atoms with Gasteiger partial charge in [-0.3, -0.25) is 0 Å². The zero-order valence-electron chi connectivity index (χ0n) is 13.9. The average Bonchev–Trinajstić information content (AvgIpc) is 3.35. The summed E-state index contributed by atoms with van der Waals surface area (Å²) in [4.78, 5) is 19.0. The maximum absolute atomic E-state index is 12.6. The highest BCUT2D eigenvalue weighted by Gasteiger charge is 2.35. The standard InChI is InChI=1S/C18H21ClN4O2/c19-13-6-3-5-12(11-13)16-21-17(25-22-16)15-9-4-10-23(15)18(24)20-14-7-1-2-8-14/h3,5-6,11,14-15H,1-2,4,7-10H2,(H,20,24). The molecule has 1 N–H and O–H groups in total. The van der Waals surface area contributed by atoms with E-state index in [-0.39, 0.29) is 12.1 Å². The third-order valence-electron chi connectivity index (χ3n) is 5.01. The first-order valence-corrected chi connectivity index (χ1v) is 9.25. The number of hydrogen-bond donors (Lipinski definition) is 1. The van der Waals surface area contributed by atoms with Crippen LogP contribution in [0.3, 0.4) is 0 Å². The Morgan fingerprint density at radius 3 is 2.88 bits per heavy atom. The van der Waals surface area contributed by atoms with Crippen molar-refractivity contribution in [2.75, 3.05) is 6.54 Å². The maximum atomic E-state index is 12.6. The molecule has 1 saturated heterocycles. The van der Waals surface area contributed by atoms with Gasteiger partial charge in [0.1, 0.15) is 6.04 Å². The molecule has 2 fully saturated rings. The Labute approximate surface area is 151 Å². The van der Waals surface area contributed by atoms with Crippen LogP contribution in [0.5, 0.6) is 0 Å². The molecule has 4 rings (SSSR count). The smallest absolute Gasteiger partial charge is 0.318 e. The minimum Gasteiger partial charge on any atom is -0.337 e. The molecule has 1 aromatic carbocycles. The predicted octanol–water partition coefficient (Wildman–Crippen LogP) is 4.18. The predicted molar refractivity (Wildman–Crippen MR) is 94.2 cm³/mol. The second kappa shape index (κ2) is 7.04. The van der Waals surface area contributed by atoms with Crippen LogP contribution in [0.1, 0.15) is 50.5 Å². The van der Waals surface area contributed by atoms with Gasteiger partial charge in [0.05, 0.1) is 0 Å². The summed E-state index contributed by atoms with van der Waals surface area (Å²) >= 11 is 6.03. The summed E-state index contributed by atoms with van der Waals surface area (Å²) < 4.78 is 5.47. The number of likely N-dealkylation sites (tertiary alicyclic amines) is 1. The summed E-state index contributed by atoms with van der Waals surface area (Å²) in [7, 11) is 0. The van der Waals surface area contributed by atoms with Gasteiger partial charge in [0, 0.05) is 23.2 Å².